The van der Waals surface area contributed by atoms with Crippen LogP contribution < -0.4 is 37.1 Å². The molecule has 2 aliphatic heterocycles. The molecule has 6 N–H and O–H groups in total. The number of ether oxygens (including phenoxy) is 5. The molecule has 2 aromatic heterocycles. The summed E-state index contributed by atoms with van der Waals surface area (Å²) in [6.07, 6.45) is -9.27. The quantitative estimate of drug-likeness (QED) is 0.0444. The summed E-state index contributed by atoms with van der Waals surface area (Å²) in [6.45, 7) is 8.89. The summed E-state index contributed by atoms with van der Waals surface area (Å²) in [5, 5.41) is 23.8. The second-order valence-corrected chi connectivity index (χ2v) is 24.1. The Balaban J connectivity index is 1.30. The lowest BCUT2D eigenvalue weighted by atomic mass is 9.80. The standard InChI is InChI=1S/C45H56N5O15PSi/c1-44(2,3)67(6,7)65-39-38(64-66(57,58)46-25-32-36(53)37(54)40(62-32)49-23-21-34(51)47-42(49)55)33(63-41(39)50-24-22-35(52)48-43(50)56)26-61-45(27-11-9-8-10-12-27,28-13-17-30(59-4)18-14-28)29-15-19-31(60-5)20-16-29/h8-24,32-33,36-41,53-54H,25-26H2,1-7H3,(H2,46,57,58)(H,47,51,55)(H,48,52,56)/t32-,33-,36-,37-,38-,39-,40-,41-/m1/s1. The molecule has 3 aromatic carbocycles. The summed E-state index contributed by atoms with van der Waals surface area (Å²) in [4.78, 5) is 66.1. The van der Waals surface area contributed by atoms with Gasteiger partial charge in [0.2, 0.25) is 0 Å². The summed E-state index contributed by atoms with van der Waals surface area (Å²) < 4.78 is 60.2. The van der Waals surface area contributed by atoms with E-state index in [9.17, 15) is 38.8 Å². The molecule has 1 unspecified atom stereocenters. The Morgan fingerprint density at radius 2 is 1.19 bits per heavy atom. The molecular weight excluding hydrogens is 910 g/mol. The van der Waals surface area contributed by atoms with Crippen molar-refractivity contribution in [3.8, 4) is 11.5 Å². The summed E-state index contributed by atoms with van der Waals surface area (Å²) >= 11 is 0. The molecule has 7 rings (SSSR count). The number of aliphatic hydroxyl groups excluding tert-OH is 2. The number of benzene rings is 3. The summed E-state index contributed by atoms with van der Waals surface area (Å²) in [5.41, 5.74) is -2.50. The van der Waals surface area contributed by atoms with Crippen LogP contribution in [0.4, 0.5) is 0 Å². The van der Waals surface area contributed by atoms with Crippen LogP contribution in [0.3, 0.4) is 0 Å². The fourth-order valence-corrected chi connectivity index (χ4v) is 10.3. The second-order valence-electron chi connectivity index (χ2n) is 17.8. The van der Waals surface area contributed by atoms with Crippen LogP contribution in [0.1, 0.15) is 49.9 Å². The summed E-state index contributed by atoms with van der Waals surface area (Å²) in [5.74, 6) is 1.18. The minimum absolute atomic E-state index is 0.365. The summed E-state index contributed by atoms with van der Waals surface area (Å²) in [7, 11) is -4.82. The first-order valence-corrected chi connectivity index (χ1v) is 25.9. The molecule has 2 aliphatic rings. The maximum absolute atomic E-state index is 14.4. The Morgan fingerprint density at radius 3 is 1.69 bits per heavy atom. The lowest BCUT2D eigenvalue weighted by Gasteiger charge is -2.41. The van der Waals surface area contributed by atoms with Gasteiger partial charge in [-0.05, 0) is 59.1 Å². The van der Waals surface area contributed by atoms with Gasteiger partial charge in [-0.1, -0.05) is 75.4 Å². The van der Waals surface area contributed by atoms with Crippen molar-refractivity contribution in [2.75, 3.05) is 27.4 Å². The molecule has 2 fully saturated rings. The van der Waals surface area contributed by atoms with E-state index < -0.39 is 105 Å². The lowest BCUT2D eigenvalue weighted by molar-refractivity contribution is -0.0943. The number of rotatable bonds is 17. The predicted molar refractivity (Wildman–Crippen MR) is 246 cm³/mol. The third-order valence-electron chi connectivity index (χ3n) is 12.5. The lowest BCUT2D eigenvalue weighted by Crippen LogP contribution is -2.50. The monoisotopic (exact) mass is 965 g/mol. The molecule has 0 radical (unpaired) electrons. The van der Waals surface area contributed by atoms with Gasteiger partial charge in [0.05, 0.1) is 20.8 Å². The van der Waals surface area contributed by atoms with Gasteiger partial charge in [-0.3, -0.25) is 33.2 Å². The number of hydrogen-bond donors (Lipinski definition) is 6. The highest BCUT2D eigenvalue weighted by molar-refractivity contribution is 7.50. The van der Waals surface area contributed by atoms with E-state index in [4.69, 9.17) is 32.6 Å². The summed E-state index contributed by atoms with van der Waals surface area (Å²) in [6, 6.07) is 26.1. The zero-order chi connectivity index (χ0) is 48.5. The largest absolute Gasteiger partial charge is 0.497 e. The fraction of sp³-hybridized carbons (Fsp3) is 0.422. The topological polar surface area (TPSA) is 264 Å². The normalized spacial score (nSPS) is 24.3. The van der Waals surface area contributed by atoms with Crippen LogP contribution in [0.5, 0.6) is 11.5 Å². The van der Waals surface area contributed by atoms with Crippen molar-refractivity contribution in [2.24, 2.45) is 0 Å². The number of H-pyrrole nitrogens is 2. The highest BCUT2D eigenvalue weighted by Crippen LogP contribution is 2.49. The van der Waals surface area contributed by atoms with Crippen LogP contribution in [0.2, 0.25) is 18.1 Å². The number of aliphatic hydroxyl groups is 2. The molecule has 5 aromatic rings. The number of aromatic nitrogens is 4. The van der Waals surface area contributed by atoms with Gasteiger partial charge in [0.1, 0.15) is 53.7 Å². The molecule has 67 heavy (non-hydrogen) atoms. The van der Waals surface area contributed by atoms with Crippen LogP contribution in [0.25, 0.3) is 0 Å². The minimum atomic E-state index is -5.04. The van der Waals surface area contributed by atoms with Gasteiger partial charge in [0.25, 0.3) is 11.1 Å². The Labute approximate surface area is 385 Å². The van der Waals surface area contributed by atoms with Gasteiger partial charge in [0, 0.05) is 31.1 Å². The number of aromatic amines is 2. The van der Waals surface area contributed by atoms with E-state index in [0.29, 0.717) is 28.2 Å². The molecule has 360 valence electrons. The smallest absolute Gasteiger partial charge is 0.403 e. The molecule has 22 heteroatoms. The highest BCUT2D eigenvalue weighted by atomic mass is 31.2. The van der Waals surface area contributed by atoms with Gasteiger partial charge < -0.3 is 43.2 Å². The van der Waals surface area contributed by atoms with Crippen LogP contribution in [-0.2, 0) is 33.3 Å². The van der Waals surface area contributed by atoms with Gasteiger partial charge >= 0.3 is 19.1 Å². The first-order valence-electron chi connectivity index (χ1n) is 21.4. The van der Waals surface area contributed by atoms with E-state index in [2.05, 4.69) is 15.1 Å². The average Bonchev–Trinajstić information content (AvgIpc) is 3.76. The van der Waals surface area contributed by atoms with Crippen LogP contribution in [0.15, 0.2) is 123 Å². The molecule has 20 nitrogen and oxygen atoms in total. The first kappa shape index (κ1) is 49.6. The van der Waals surface area contributed by atoms with E-state index in [0.717, 1.165) is 27.5 Å². The van der Waals surface area contributed by atoms with Gasteiger partial charge in [0.15, 0.2) is 20.8 Å². The number of nitrogens with zero attached hydrogens (tertiary/aromatic N) is 2. The van der Waals surface area contributed by atoms with E-state index in [-0.39, 0.29) is 6.61 Å². The molecular formula is C45H56N5O15PSi. The van der Waals surface area contributed by atoms with Gasteiger partial charge in [-0.15, -0.1) is 0 Å². The third kappa shape index (κ3) is 10.4. The van der Waals surface area contributed by atoms with E-state index in [1.807, 2.05) is 88.5 Å². The van der Waals surface area contributed by atoms with Crippen molar-refractivity contribution < 1.29 is 52.3 Å². The predicted octanol–water partition coefficient (Wildman–Crippen LogP) is 3.09. The van der Waals surface area contributed by atoms with Crippen molar-refractivity contribution in [3.63, 3.8) is 0 Å². The van der Waals surface area contributed by atoms with Crippen molar-refractivity contribution in [3.05, 3.63) is 162 Å². The second kappa shape index (κ2) is 19.7. The van der Waals surface area contributed by atoms with E-state index in [1.165, 1.54) is 6.20 Å². The van der Waals surface area contributed by atoms with Gasteiger partial charge in [-0.25, -0.2) is 19.2 Å². The van der Waals surface area contributed by atoms with Crippen LogP contribution >= 0.6 is 7.75 Å². The fourth-order valence-electron chi connectivity index (χ4n) is 7.91. The molecule has 0 bridgehead atoms. The molecule has 0 spiro atoms. The van der Waals surface area contributed by atoms with Crippen molar-refractivity contribution in [1.82, 2.24) is 24.2 Å². The Hall–Kier alpha value is -5.29. The minimum Gasteiger partial charge on any atom is -0.497 e. The molecule has 4 heterocycles. The van der Waals surface area contributed by atoms with E-state index >= 15 is 0 Å². The number of methoxy groups -OCH3 is 2. The average molecular weight is 966 g/mol. The Bertz CT molecular complexity index is 2730. The molecule has 0 aliphatic carbocycles. The number of hydrogen-bond acceptors (Lipinski definition) is 14. The van der Waals surface area contributed by atoms with Crippen molar-refractivity contribution in [1.29, 1.82) is 0 Å². The highest BCUT2D eigenvalue weighted by Gasteiger charge is 2.55. The Kier molecular flexibility index (Phi) is 14.6. The van der Waals surface area contributed by atoms with Crippen molar-refractivity contribution >= 4 is 16.1 Å². The van der Waals surface area contributed by atoms with Crippen LogP contribution in [-0.4, -0.2) is 107 Å². The van der Waals surface area contributed by atoms with Crippen molar-refractivity contribution in [2.45, 2.75) is 93.6 Å². The Morgan fingerprint density at radius 1 is 0.701 bits per heavy atom. The SMILES string of the molecule is COc1ccc(C(OC[C@H]2O[C@@H](n3ccc(=O)[nH]c3=O)[C@H](O[Si](C)(C)C(C)(C)C)[C@@H]2OP(=O)(O)NC[C@H]2O[C@@H](n3ccc(=O)[nH]c3=O)[C@H](O)[C@@H]2O)(c2ccccc2)c2ccc(OC)cc2)cc1. The molecule has 9 atom stereocenters. The molecule has 0 saturated carbocycles. The van der Waals surface area contributed by atoms with Crippen LogP contribution in [0, 0.1) is 0 Å². The maximum atomic E-state index is 14.4. The van der Waals surface area contributed by atoms with E-state index in [1.54, 1.807) is 38.5 Å². The molecule has 0 amide bonds. The zero-order valence-electron chi connectivity index (χ0n) is 37.9. The number of nitrogens with one attached hydrogen (secondary N) is 3. The first-order chi connectivity index (χ1) is 31.7. The third-order valence-corrected chi connectivity index (χ3v) is 18.1. The van der Waals surface area contributed by atoms with Gasteiger partial charge in [-0.2, -0.15) is 0 Å². The maximum Gasteiger partial charge on any atom is 0.403 e. The molecule has 2 saturated heterocycles. The zero-order valence-corrected chi connectivity index (χ0v) is 39.8.